The normalized spacial score (nSPS) is 16.0. The van der Waals surface area contributed by atoms with Crippen molar-refractivity contribution in [2.75, 3.05) is 19.0 Å². The van der Waals surface area contributed by atoms with Gasteiger partial charge >= 0.3 is 0 Å². The summed E-state index contributed by atoms with van der Waals surface area (Å²) in [7, 11) is 5.95. The summed E-state index contributed by atoms with van der Waals surface area (Å²) >= 11 is 0. The Bertz CT molecular complexity index is 455. The van der Waals surface area contributed by atoms with Gasteiger partial charge in [0.25, 0.3) is 0 Å². The molecule has 1 aromatic rings. The molecule has 0 atom stereocenters. The number of fused-ring (bicyclic) bond motifs is 1. The van der Waals surface area contributed by atoms with Crippen molar-refractivity contribution < 1.29 is 0 Å². The molecule has 0 radical (unpaired) electrons. The molecule has 0 saturated carbocycles. The Labute approximate surface area is 90.1 Å². The van der Waals surface area contributed by atoms with Crippen molar-refractivity contribution in [2.45, 2.75) is 6.92 Å². The van der Waals surface area contributed by atoms with Gasteiger partial charge in [-0.25, -0.2) is 4.98 Å². The van der Waals surface area contributed by atoms with Gasteiger partial charge < -0.3 is 14.4 Å². The van der Waals surface area contributed by atoms with Gasteiger partial charge in [-0.05, 0) is 6.92 Å². The molecule has 0 amide bonds. The first-order valence-electron chi connectivity index (χ1n) is 4.84. The molecule has 0 fully saturated rings. The minimum Gasteiger partial charge on any atom is -0.330 e. The summed E-state index contributed by atoms with van der Waals surface area (Å²) in [6.07, 6.45) is 0. The fourth-order valence-electron chi connectivity index (χ4n) is 1.84. The lowest BCUT2D eigenvalue weighted by atomic mass is 10.2. The van der Waals surface area contributed by atoms with Crippen LogP contribution in [0.25, 0.3) is 5.70 Å². The maximum absolute atomic E-state index is 4.51. The van der Waals surface area contributed by atoms with Crippen molar-refractivity contribution in [2.24, 2.45) is 7.05 Å². The summed E-state index contributed by atoms with van der Waals surface area (Å²) in [5.74, 6) is 2.95. The summed E-state index contributed by atoms with van der Waals surface area (Å²) < 4.78 is 2.05. The molecule has 1 aliphatic rings. The SMILES string of the molecule is C=C1c2nc(C)n(C)c2N(C)C(=C)N1C. The molecule has 0 aromatic carbocycles. The van der Waals surface area contributed by atoms with E-state index in [1.54, 1.807) is 0 Å². The second-order valence-electron chi connectivity index (χ2n) is 3.87. The molecule has 0 saturated heterocycles. The molecule has 15 heavy (non-hydrogen) atoms. The number of anilines is 1. The third kappa shape index (κ3) is 1.11. The maximum Gasteiger partial charge on any atom is 0.143 e. The lowest BCUT2D eigenvalue weighted by molar-refractivity contribution is 0.559. The van der Waals surface area contributed by atoms with E-state index >= 15 is 0 Å². The summed E-state index contributed by atoms with van der Waals surface area (Å²) in [6, 6.07) is 0. The molecule has 0 spiro atoms. The van der Waals surface area contributed by atoms with Crippen molar-refractivity contribution in [1.29, 1.82) is 0 Å². The summed E-state index contributed by atoms with van der Waals surface area (Å²) in [6.45, 7) is 10.1. The minimum absolute atomic E-state index is 0.900. The lowest BCUT2D eigenvalue weighted by Crippen LogP contribution is -2.34. The fraction of sp³-hybridized carbons (Fsp3) is 0.364. The predicted octanol–water partition coefficient (Wildman–Crippen LogP) is 1.55. The predicted molar refractivity (Wildman–Crippen MR) is 62.3 cm³/mol. The topological polar surface area (TPSA) is 24.3 Å². The highest BCUT2D eigenvalue weighted by Gasteiger charge is 2.28. The zero-order valence-electron chi connectivity index (χ0n) is 9.70. The Kier molecular flexibility index (Phi) is 1.89. The van der Waals surface area contributed by atoms with Crippen LogP contribution in [0.4, 0.5) is 5.82 Å². The largest absolute Gasteiger partial charge is 0.330 e. The Morgan fingerprint density at radius 1 is 1.07 bits per heavy atom. The highest BCUT2D eigenvalue weighted by molar-refractivity contribution is 5.76. The van der Waals surface area contributed by atoms with Crippen LogP contribution in [0.1, 0.15) is 11.5 Å². The number of nitrogens with zero attached hydrogens (tertiary/aromatic N) is 4. The van der Waals surface area contributed by atoms with Gasteiger partial charge in [0.2, 0.25) is 0 Å². The standard InChI is InChI=1S/C11H16N4/c1-7-10-11(14(5)8(2)12-10)15(6)9(3)13(7)4/h1,3H2,2,4-6H3. The second kappa shape index (κ2) is 2.89. The minimum atomic E-state index is 0.900. The molecule has 4 heteroatoms. The van der Waals surface area contributed by atoms with Gasteiger partial charge in [0, 0.05) is 21.1 Å². The van der Waals surface area contributed by atoms with Gasteiger partial charge in [-0.15, -0.1) is 0 Å². The van der Waals surface area contributed by atoms with Gasteiger partial charge in [0.15, 0.2) is 0 Å². The maximum atomic E-state index is 4.51. The summed E-state index contributed by atoms with van der Waals surface area (Å²) in [5, 5.41) is 0. The van der Waals surface area contributed by atoms with E-state index < -0.39 is 0 Å². The number of aromatic nitrogens is 2. The molecule has 0 bridgehead atoms. The van der Waals surface area contributed by atoms with Crippen molar-refractivity contribution in [3.05, 3.63) is 30.5 Å². The molecular formula is C11H16N4. The van der Waals surface area contributed by atoms with Crippen molar-refractivity contribution in [3.8, 4) is 0 Å². The van der Waals surface area contributed by atoms with Crippen molar-refractivity contribution in [3.63, 3.8) is 0 Å². The van der Waals surface area contributed by atoms with E-state index in [0.717, 1.165) is 28.9 Å². The Balaban J connectivity index is 2.69. The van der Waals surface area contributed by atoms with E-state index in [1.807, 2.05) is 37.9 Å². The Hall–Kier alpha value is -1.71. The van der Waals surface area contributed by atoms with Crippen LogP contribution in [0.3, 0.4) is 0 Å². The van der Waals surface area contributed by atoms with E-state index in [-0.39, 0.29) is 0 Å². The molecular weight excluding hydrogens is 188 g/mol. The van der Waals surface area contributed by atoms with Crippen LogP contribution >= 0.6 is 0 Å². The van der Waals surface area contributed by atoms with E-state index in [4.69, 9.17) is 0 Å². The molecule has 2 rings (SSSR count). The van der Waals surface area contributed by atoms with Crippen LogP contribution < -0.4 is 4.90 Å². The molecule has 1 aliphatic heterocycles. The van der Waals surface area contributed by atoms with Crippen molar-refractivity contribution >= 4 is 11.5 Å². The van der Waals surface area contributed by atoms with Crippen LogP contribution in [0.2, 0.25) is 0 Å². The first-order valence-corrected chi connectivity index (χ1v) is 4.84. The Morgan fingerprint density at radius 3 is 2.27 bits per heavy atom. The molecule has 0 aliphatic carbocycles. The van der Waals surface area contributed by atoms with Crippen LogP contribution in [-0.4, -0.2) is 28.5 Å². The average Bonchev–Trinajstić information content (AvgIpc) is 2.50. The quantitative estimate of drug-likeness (QED) is 0.641. The second-order valence-corrected chi connectivity index (χ2v) is 3.87. The first-order chi connectivity index (χ1) is 6.95. The van der Waals surface area contributed by atoms with Crippen LogP contribution in [-0.2, 0) is 7.05 Å². The number of hydrogen-bond acceptors (Lipinski definition) is 3. The molecule has 1 aromatic heterocycles. The highest BCUT2D eigenvalue weighted by Crippen LogP contribution is 2.35. The van der Waals surface area contributed by atoms with E-state index in [9.17, 15) is 0 Å². The van der Waals surface area contributed by atoms with Gasteiger partial charge in [0.05, 0.1) is 5.70 Å². The Morgan fingerprint density at radius 2 is 1.67 bits per heavy atom. The van der Waals surface area contributed by atoms with E-state index in [2.05, 4.69) is 22.7 Å². The average molecular weight is 204 g/mol. The zero-order chi connectivity index (χ0) is 11.3. The number of rotatable bonds is 0. The van der Waals surface area contributed by atoms with Crippen molar-refractivity contribution in [1.82, 2.24) is 14.5 Å². The number of imidazole rings is 1. The first kappa shape index (κ1) is 9.83. The smallest absolute Gasteiger partial charge is 0.143 e. The van der Waals surface area contributed by atoms with Gasteiger partial charge in [-0.3, -0.25) is 0 Å². The third-order valence-electron chi connectivity index (χ3n) is 3.06. The summed E-state index contributed by atoms with van der Waals surface area (Å²) in [5.41, 5.74) is 1.84. The fourth-order valence-corrected chi connectivity index (χ4v) is 1.84. The zero-order valence-corrected chi connectivity index (χ0v) is 9.70. The number of hydrogen-bond donors (Lipinski definition) is 0. The summed E-state index contributed by atoms with van der Waals surface area (Å²) in [4.78, 5) is 8.49. The molecule has 2 heterocycles. The van der Waals surface area contributed by atoms with Crippen LogP contribution in [0.15, 0.2) is 19.0 Å². The number of aryl methyl sites for hydroxylation is 1. The molecule has 4 nitrogen and oxygen atoms in total. The van der Waals surface area contributed by atoms with E-state index in [0.29, 0.717) is 0 Å². The van der Waals surface area contributed by atoms with Gasteiger partial charge in [0.1, 0.15) is 23.2 Å². The monoisotopic (exact) mass is 204 g/mol. The highest BCUT2D eigenvalue weighted by atomic mass is 15.4. The molecule has 80 valence electrons. The van der Waals surface area contributed by atoms with E-state index in [1.165, 1.54) is 0 Å². The van der Waals surface area contributed by atoms with Gasteiger partial charge in [-0.2, -0.15) is 0 Å². The van der Waals surface area contributed by atoms with Crippen LogP contribution in [0.5, 0.6) is 0 Å². The van der Waals surface area contributed by atoms with Crippen LogP contribution in [0, 0.1) is 6.92 Å². The third-order valence-corrected chi connectivity index (χ3v) is 3.06. The molecule has 0 unspecified atom stereocenters. The van der Waals surface area contributed by atoms with Gasteiger partial charge in [-0.1, -0.05) is 13.2 Å². The molecule has 0 N–H and O–H groups in total. The lowest BCUT2D eigenvalue weighted by Gasteiger charge is -2.36.